The first-order chi connectivity index (χ1) is 12.3. The first kappa shape index (κ1) is 18.1. The van der Waals surface area contributed by atoms with Crippen molar-refractivity contribution in [3.63, 3.8) is 0 Å². The maximum atomic E-state index is 12.7. The van der Waals surface area contributed by atoms with Crippen molar-refractivity contribution in [2.24, 2.45) is 0 Å². The summed E-state index contributed by atoms with van der Waals surface area (Å²) < 4.78 is 26.6. The highest BCUT2D eigenvalue weighted by atomic mass is 32.2. The Balaban J connectivity index is 1.78. The number of pyridine rings is 1. The highest BCUT2D eigenvalue weighted by molar-refractivity contribution is 7.88. The second-order valence-corrected chi connectivity index (χ2v) is 8.26. The maximum absolute atomic E-state index is 12.7. The van der Waals surface area contributed by atoms with Gasteiger partial charge in [0.05, 0.1) is 12.8 Å². The number of rotatable bonds is 4. The summed E-state index contributed by atoms with van der Waals surface area (Å²) in [6, 6.07) is 3.28. The Bertz CT molecular complexity index is 922. The number of nitrogens with zero attached hydrogens (tertiary/aromatic N) is 4. The van der Waals surface area contributed by atoms with E-state index in [4.69, 9.17) is 0 Å². The Hall–Kier alpha value is -2.68. The van der Waals surface area contributed by atoms with Crippen LogP contribution in [0.3, 0.4) is 0 Å². The van der Waals surface area contributed by atoms with Crippen LogP contribution in [0.25, 0.3) is 5.82 Å². The molecule has 1 aliphatic rings. The van der Waals surface area contributed by atoms with Crippen LogP contribution in [-0.2, 0) is 10.0 Å². The minimum atomic E-state index is -3.36. The standard InChI is InChI=1S/C17H21N5O3S/c1-13-9-15(20-16(10-13)21-8-6-18-12-21)17(23)19-14-5-3-4-7-22(11-14)26(2,24)25/h4,6-10,12,14H,3,5,11H2,1-2H3,(H,19,23). The molecule has 0 spiro atoms. The van der Waals surface area contributed by atoms with Crippen LogP contribution in [0.1, 0.15) is 28.9 Å². The largest absolute Gasteiger partial charge is 0.346 e. The monoisotopic (exact) mass is 375 g/mol. The summed E-state index contributed by atoms with van der Waals surface area (Å²) in [5.41, 5.74) is 1.19. The molecule has 9 heteroatoms. The minimum absolute atomic E-state index is 0.210. The van der Waals surface area contributed by atoms with Crippen molar-refractivity contribution in [1.29, 1.82) is 0 Å². The third-order valence-electron chi connectivity index (χ3n) is 4.07. The average Bonchev–Trinajstić information content (AvgIpc) is 3.00. The van der Waals surface area contributed by atoms with Gasteiger partial charge in [-0.1, -0.05) is 6.08 Å². The van der Waals surface area contributed by atoms with Gasteiger partial charge in [0.2, 0.25) is 10.0 Å². The summed E-state index contributed by atoms with van der Waals surface area (Å²) in [7, 11) is -3.36. The zero-order valence-corrected chi connectivity index (χ0v) is 15.5. The second kappa shape index (κ2) is 7.28. The molecule has 0 saturated heterocycles. The summed E-state index contributed by atoms with van der Waals surface area (Å²) in [4.78, 5) is 21.1. The Morgan fingerprint density at radius 2 is 2.15 bits per heavy atom. The molecule has 3 heterocycles. The third-order valence-corrected chi connectivity index (χ3v) is 5.20. The molecule has 0 aromatic carbocycles. The molecule has 26 heavy (non-hydrogen) atoms. The van der Waals surface area contributed by atoms with Gasteiger partial charge >= 0.3 is 0 Å². The average molecular weight is 375 g/mol. The first-order valence-corrected chi connectivity index (χ1v) is 10.1. The van der Waals surface area contributed by atoms with E-state index in [0.717, 1.165) is 11.8 Å². The Morgan fingerprint density at radius 1 is 1.35 bits per heavy atom. The van der Waals surface area contributed by atoms with Gasteiger partial charge in [-0.25, -0.2) is 18.4 Å². The fourth-order valence-corrected chi connectivity index (χ4v) is 3.53. The summed E-state index contributed by atoms with van der Waals surface area (Å²) >= 11 is 0. The summed E-state index contributed by atoms with van der Waals surface area (Å²) in [6.07, 6.45) is 10.9. The summed E-state index contributed by atoms with van der Waals surface area (Å²) in [5, 5.41) is 2.90. The number of nitrogens with one attached hydrogen (secondary N) is 1. The molecule has 0 aliphatic carbocycles. The van der Waals surface area contributed by atoms with Gasteiger partial charge < -0.3 is 5.32 Å². The van der Waals surface area contributed by atoms with Crippen LogP contribution >= 0.6 is 0 Å². The molecule has 1 amide bonds. The van der Waals surface area contributed by atoms with Crippen LogP contribution in [-0.4, -0.2) is 52.0 Å². The number of aromatic nitrogens is 3. The van der Waals surface area contributed by atoms with E-state index >= 15 is 0 Å². The smallest absolute Gasteiger partial charge is 0.270 e. The maximum Gasteiger partial charge on any atom is 0.270 e. The fraction of sp³-hybridized carbons (Fsp3) is 0.353. The minimum Gasteiger partial charge on any atom is -0.346 e. The van der Waals surface area contributed by atoms with Gasteiger partial charge in [0.15, 0.2) is 0 Å². The van der Waals surface area contributed by atoms with Gasteiger partial charge in [-0.3, -0.25) is 13.7 Å². The molecule has 0 saturated carbocycles. The normalized spacial score (nSPS) is 17.8. The number of carbonyl (C=O) groups is 1. The lowest BCUT2D eigenvalue weighted by molar-refractivity contribution is 0.0927. The molecule has 1 atom stereocenters. The summed E-state index contributed by atoms with van der Waals surface area (Å²) in [6.45, 7) is 2.10. The lowest BCUT2D eigenvalue weighted by Crippen LogP contribution is -2.43. The molecular formula is C17H21N5O3S. The molecule has 2 aromatic rings. The van der Waals surface area contributed by atoms with Crippen molar-refractivity contribution < 1.29 is 13.2 Å². The van der Waals surface area contributed by atoms with Crippen LogP contribution in [0.2, 0.25) is 0 Å². The van der Waals surface area contributed by atoms with E-state index in [0.29, 0.717) is 18.7 Å². The van der Waals surface area contributed by atoms with Crippen molar-refractivity contribution in [3.8, 4) is 5.82 Å². The van der Waals surface area contributed by atoms with E-state index in [-0.39, 0.29) is 24.2 Å². The molecule has 1 aliphatic heterocycles. The fourth-order valence-electron chi connectivity index (χ4n) is 2.77. The number of allylic oxidation sites excluding steroid dienone is 1. The number of hydrogen-bond donors (Lipinski definition) is 1. The van der Waals surface area contributed by atoms with Crippen molar-refractivity contribution >= 4 is 15.9 Å². The van der Waals surface area contributed by atoms with E-state index in [2.05, 4.69) is 15.3 Å². The number of sulfonamides is 1. The Kier molecular flexibility index (Phi) is 5.08. The zero-order chi connectivity index (χ0) is 18.7. The molecule has 0 radical (unpaired) electrons. The van der Waals surface area contributed by atoms with E-state index < -0.39 is 10.0 Å². The quantitative estimate of drug-likeness (QED) is 0.867. The van der Waals surface area contributed by atoms with Gasteiger partial charge in [-0.15, -0.1) is 0 Å². The van der Waals surface area contributed by atoms with E-state index in [1.165, 1.54) is 4.31 Å². The molecule has 138 valence electrons. The lowest BCUT2D eigenvalue weighted by Gasteiger charge is -2.23. The molecule has 3 rings (SSSR count). The van der Waals surface area contributed by atoms with Crippen molar-refractivity contribution in [2.75, 3.05) is 12.8 Å². The number of hydrogen-bond acceptors (Lipinski definition) is 5. The van der Waals surface area contributed by atoms with Crippen molar-refractivity contribution in [2.45, 2.75) is 25.8 Å². The summed E-state index contributed by atoms with van der Waals surface area (Å²) in [5.74, 6) is 0.281. The van der Waals surface area contributed by atoms with Crippen LogP contribution < -0.4 is 5.32 Å². The molecule has 8 nitrogen and oxygen atoms in total. The molecule has 0 bridgehead atoms. The van der Waals surface area contributed by atoms with Gasteiger partial charge in [0.1, 0.15) is 17.8 Å². The molecular weight excluding hydrogens is 354 g/mol. The lowest BCUT2D eigenvalue weighted by atomic mass is 10.1. The van der Waals surface area contributed by atoms with Crippen LogP contribution in [0.5, 0.6) is 0 Å². The molecule has 0 fully saturated rings. The topological polar surface area (TPSA) is 97.2 Å². The van der Waals surface area contributed by atoms with E-state index in [1.807, 2.05) is 13.0 Å². The highest BCUT2D eigenvalue weighted by Crippen LogP contribution is 2.13. The molecule has 1 unspecified atom stereocenters. The molecule has 2 aromatic heterocycles. The highest BCUT2D eigenvalue weighted by Gasteiger charge is 2.23. The molecule has 1 N–H and O–H groups in total. The van der Waals surface area contributed by atoms with Crippen molar-refractivity contribution in [1.82, 2.24) is 24.2 Å². The van der Waals surface area contributed by atoms with Gasteiger partial charge in [-0.05, 0) is 37.5 Å². The second-order valence-electron chi connectivity index (χ2n) is 6.32. The third kappa shape index (κ3) is 4.29. The Morgan fingerprint density at radius 3 is 2.85 bits per heavy atom. The van der Waals surface area contributed by atoms with Gasteiger partial charge in [0, 0.05) is 24.6 Å². The number of aryl methyl sites for hydroxylation is 1. The van der Waals surface area contributed by atoms with Crippen LogP contribution in [0.15, 0.2) is 43.1 Å². The predicted octanol–water partition coefficient (Wildman–Crippen LogP) is 1.24. The van der Waals surface area contributed by atoms with E-state index in [9.17, 15) is 13.2 Å². The van der Waals surface area contributed by atoms with Crippen LogP contribution in [0, 0.1) is 6.92 Å². The van der Waals surface area contributed by atoms with Gasteiger partial charge in [-0.2, -0.15) is 0 Å². The first-order valence-electron chi connectivity index (χ1n) is 8.24. The SMILES string of the molecule is Cc1cc(C(=O)NC2CCC=CN(S(C)(=O)=O)C2)nc(-n2ccnc2)c1. The van der Waals surface area contributed by atoms with Crippen molar-refractivity contribution in [3.05, 3.63) is 54.4 Å². The predicted molar refractivity (Wildman–Crippen MR) is 97.3 cm³/mol. The van der Waals surface area contributed by atoms with E-state index in [1.54, 1.807) is 41.6 Å². The van der Waals surface area contributed by atoms with Crippen LogP contribution in [0.4, 0.5) is 0 Å². The number of amides is 1. The number of carbonyl (C=O) groups excluding carboxylic acids is 1. The van der Waals surface area contributed by atoms with Gasteiger partial charge in [0.25, 0.3) is 5.91 Å². The zero-order valence-electron chi connectivity index (χ0n) is 14.7. The number of imidazole rings is 1. The Labute approximate surface area is 152 Å².